The maximum Gasteiger partial charge on any atom is 0.270 e. The average molecular weight is 359 g/mol. The normalized spacial score (nSPS) is 18.3. The second-order valence-corrected chi connectivity index (χ2v) is 7.34. The number of fused-ring (bicyclic) bond motifs is 1. The molecule has 0 aliphatic carbocycles. The first-order valence-corrected chi connectivity index (χ1v) is 9.04. The van der Waals surface area contributed by atoms with Crippen LogP contribution in [0.4, 0.5) is 5.69 Å². The van der Waals surface area contributed by atoms with Gasteiger partial charge in [-0.05, 0) is 31.4 Å². The molecular formula is C18H25N5O3. The minimum absolute atomic E-state index is 0.00501. The molecule has 1 aliphatic rings. The van der Waals surface area contributed by atoms with Gasteiger partial charge in [0.05, 0.1) is 29.2 Å². The predicted molar refractivity (Wildman–Crippen MR) is 98.5 cm³/mol. The van der Waals surface area contributed by atoms with Crippen molar-refractivity contribution in [3.05, 3.63) is 34.5 Å². The summed E-state index contributed by atoms with van der Waals surface area (Å²) in [5.41, 5.74) is 0.930. The molecule has 0 bridgehead atoms. The third kappa shape index (κ3) is 4.19. The molecule has 8 nitrogen and oxygen atoms in total. The summed E-state index contributed by atoms with van der Waals surface area (Å²) in [6.45, 7) is 7.08. The van der Waals surface area contributed by atoms with Crippen molar-refractivity contribution in [1.29, 1.82) is 0 Å². The van der Waals surface area contributed by atoms with Crippen LogP contribution in [0.15, 0.2) is 24.4 Å². The second-order valence-electron chi connectivity index (χ2n) is 7.34. The molecule has 2 heterocycles. The van der Waals surface area contributed by atoms with E-state index in [1.165, 1.54) is 12.1 Å². The SMILES string of the molecule is CC(C)CNC(=O)[C@H]1CCCN(Cn2ncc3cc([N+](=O)[O-])ccc32)C1. The van der Waals surface area contributed by atoms with Crippen LogP contribution in [-0.4, -0.2) is 45.1 Å². The third-order valence-electron chi connectivity index (χ3n) is 4.73. The number of benzene rings is 1. The summed E-state index contributed by atoms with van der Waals surface area (Å²) in [7, 11) is 0. The highest BCUT2D eigenvalue weighted by Gasteiger charge is 2.26. The first-order valence-electron chi connectivity index (χ1n) is 9.04. The molecule has 8 heteroatoms. The number of nitrogens with one attached hydrogen (secondary N) is 1. The molecule has 140 valence electrons. The Morgan fingerprint density at radius 1 is 1.46 bits per heavy atom. The van der Waals surface area contributed by atoms with E-state index in [9.17, 15) is 14.9 Å². The van der Waals surface area contributed by atoms with E-state index in [-0.39, 0.29) is 17.5 Å². The number of aromatic nitrogens is 2. The Morgan fingerprint density at radius 2 is 2.27 bits per heavy atom. The van der Waals surface area contributed by atoms with E-state index in [4.69, 9.17) is 0 Å². The highest BCUT2D eigenvalue weighted by Crippen LogP contribution is 2.22. The lowest BCUT2D eigenvalue weighted by Gasteiger charge is -2.32. The second kappa shape index (κ2) is 7.82. The summed E-state index contributed by atoms with van der Waals surface area (Å²) in [4.78, 5) is 25.1. The van der Waals surface area contributed by atoms with Gasteiger partial charge in [0.1, 0.15) is 0 Å². The lowest BCUT2D eigenvalue weighted by molar-refractivity contribution is -0.384. The molecule has 1 saturated heterocycles. The van der Waals surface area contributed by atoms with Crippen LogP contribution in [0.1, 0.15) is 26.7 Å². The Morgan fingerprint density at radius 3 is 3.00 bits per heavy atom. The van der Waals surface area contributed by atoms with Gasteiger partial charge < -0.3 is 5.32 Å². The smallest absolute Gasteiger partial charge is 0.270 e. The first kappa shape index (κ1) is 18.3. The molecule has 0 spiro atoms. The van der Waals surface area contributed by atoms with Crippen LogP contribution in [0.25, 0.3) is 10.9 Å². The number of likely N-dealkylation sites (tertiary alicyclic amines) is 1. The molecule has 0 unspecified atom stereocenters. The number of nitrogens with zero attached hydrogens (tertiary/aromatic N) is 4. The number of piperidine rings is 1. The van der Waals surface area contributed by atoms with E-state index >= 15 is 0 Å². The Hall–Kier alpha value is -2.48. The summed E-state index contributed by atoms with van der Waals surface area (Å²) in [6.07, 6.45) is 3.54. The zero-order valence-electron chi connectivity index (χ0n) is 15.2. The van der Waals surface area contributed by atoms with E-state index in [1.54, 1.807) is 12.3 Å². The number of nitro benzene ring substituents is 1. The quantitative estimate of drug-likeness (QED) is 0.631. The van der Waals surface area contributed by atoms with Crippen molar-refractivity contribution in [1.82, 2.24) is 20.0 Å². The van der Waals surface area contributed by atoms with E-state index in [1.807, 2.05) is 4.68 Å². The molecular weight excluding hydrogens is 334 g/mol. The van der Waals surface area contributed by atoms with Crippen LogP contribution < -0.4 is 5.32 Å². The molecule has 0 saturated carbocycles. The van der Waals surface area contributed by atoms with Gasteiger partial charge in [-0.15, -0.1) is 0 Å². The molecule has 1 atom stereocenters. The predicted octanol–water partition coefficient (Wildman–Crippen LogP) is 2.39. The van der Waals surface area contributed by atoms with Crippen molar-refractivity contribution < 1.29 is 9.72 Å². The van der Waals surface area contributed by atoms with Gasteiger partial charge in [-0.2, -0.15) is 5.10 Å². The van der Waals surface area contributed by atoms with Gasteiger partial charge in [0.15, 0.2) is 0 Å². The fraction of sp³-hybridized carbons (Fsp3) is 0.556. The number of amides is 1. The fourth-order valence-electron chi connectivity index (χ4n) is 3.34. The third-order valence-corrected chi connectivity index (χ3v) is 4.73. The van der Waals surface area contributed by atoms with Gasteiger partial charge in [0.2, 0.25) is 5.91 Å². The lowest BCUT2D eigenvalue weighted by Crippen LogP contribution is -2.44. The maximum atomic E-state index is 12.3. The number of nitro groups is 1. The summed E-state index contributed by atoms with van der Waals surface area (Å²) in [6, 6.07) is 4.77. The number of carbonyl (C=O) groups excluding carboxylic acids is 1. The largest absolute Gasteiger partial charge is 0.356 e. The summed E-state index contributed by atoms with van der Waals surface area (Å²) in [5, 5.41) is 19.0. The highest BCUT2D eigenvalue weighted by atomic mass is 16.6. The van der Waals surface area contributed by atoms with Gasteiger partial charge in [-0.25, -0.2) is 0 Å². The van der Waals surface area contributed by atoms with Crippen molar-refractivity contribution in [2.24, 2.45) is 11.8 Å². The van der Waals surface area contributed by atoms with Gasteiger partial charge in [-0.1, -0.05) is 13.8 Å². The monoisotopic (exact) mass is 359 g/mol. The zero-order chi connectivity index (χ0) is 18.7. The first-order chi connectivity index (χ1) is 12.4. The van der Waals surface area contributed by atoms with Gasteiger partial charge in [-0.3, -0.25) is 24.5 Å². The van der Waals surface area contributed by atoms with Crippen molar-refractivity contribution in [2.45, 2.75) is 33.4 Å². The van der Waals surface area contributed by atoms with Crippen LogP contribution in [0.5, 0.6) is 0 Å². The molecule has 1 aliphatic heterocycles. The zero-order valence-corrected chi connectivity index (χ0v) is 15.2. The minimum Gasteiger partial charge on any atom is -0.356 e. The maximum absolute atomic E-state index is 12.3. The Bertz CT molecular complexity index is 801. The minimum atomic E-state index is -0.401. The molecule has 26 heavy (non-hydrogen) atoms. The molecule has 1 aromatic heterocycles. The number of carbonyl (C=O) groups is 1. The number of rotatable bonds is 6. The lowest BCUT2D eigenvalue weighted by atomic mass is 9.97. The Balaban J connectivity index is 1.66. The van der Waals surface area contributed by atoms with Gasteiger partial charge in [0.25, 0.3) is 5.69 Å². The van der Waals surface area contributed by atoms with Crippen LogP contribution in [0.2, 0.25) is 0 Å². The Kier molecular flexibility index (Phi) is 5.51. The molecule has 1 N–H and O–H groups in total. The highest BCUT2D eigenvalue weighted by molar-refractivity contribution is 5.81. The summed E-state index contributed by atoms with van der Waals surface area (Å²) < 4.78 is 1.84. The van der Waals surface area contributed by atoms with E-state index in [0.717, 1.165) is 30.3 Å². The van der Waals surface area contributed by atoms with Crippen molar-refractivity contribution in [3.63, 3.8) is 0 Å². The summed E-state index contributed by atoms with van der Waals surface area (Å²) in [5.74, 6) is 0.577. The average Bonchev–Trinajstić information content (AvgIpc) is 3.02. The molecule has 1 fully saturated rings. The van der Waals surface area contributed by atoms with Crippen molar-refractivity contribution in [3.8, 4) is 0 Å². The molecule has 1 amide bonds. The number of non-ortho nitro benzene ring substituents is 1. The van der Waals surface area contributed by atoms with Crippen LogP contribution in [0, 0.1) is 22.0 Å². The standard InChI is InChI=1S/C18H25N5O3/c1-13(2)9-19-18(24)14-4-3-7-21(11-14)12-22-17-6-5-16(23(25)26)8-15(17)10-20-22/h5-6,8,10,13-14H,3-4,7,9,11-12H2,1-2H3,(H,19,24)/t14-/m0/s1. The number of hydrogen-bond acceptors (Lipinski definition) is 5. The van der Waals surface area contributed by atoms with Crippen LogP contribution >= 0.6 is 0 Å². The summed E-state index contributed by atoms with van der Waals surface area (Å²) >= 11 is 0. The number of hydrogen-bond donors (Lipinski definition) is 1. The van der Waals surface area contributed by atoms with Crippen LogP contribution in [0.3, 0.4) is 0 Å². The van der Waals surface area contributed by atoms with Crippen molar-refractivity contribution >= 4 is 22.5 Å². The molecule has 0 radical (unpaired) electrons. The van der Waals surface area contributed by atoms with E-state index in [2.05, 4.69) is 29.2 Å². The fourth-order valence-corrected chi connectivity index (χ4v) is 3.34. The van der Waals surface area contributed by atoms with E-state index in [0.29, 0.717) is 25.7 Å². The van der Waals surface area contributed by atoms with Gasteiger partial charge in [0, 0.05) is 30.6 Å². The molecule has 2 aromatic rings. The topological polar surface area (TPSA) is 93.3 Å². The van der Waals surface area contributed by atoms with Crippen LogP contribution in [-0.2, 0) is 11.5 Å². The Labute approximate surface area is 152 Å². The van der Waals surface area contributed by atoms with E-state index < -0.39 is 4.92 Å². The molecule has 3 rings (SSSR count). The molecule has 1 aromatic carbocycles. The van der Waals surface area contributed by atoms with Crippen molar-refractivity contribution in [2.75, 3.05) is 19.6 Å². The van der Waals surface area contributed by atoms with Gasteiger partial charge >= 0.3 is 0 Å².